The summed E-state index contributed by atoms with van der Waals surface area (Å²) in [6, 6.07) is 16.3. The molecule has 0 atom stereocenters. The van der Waals surface area contributed by atoms with Crippen LogP contribution in [0.15, 0.2) is 60.8 Å². The minimum atomic E-state index is -1.01. The summed E-state index contributed by atoms with van der Waals surface area (Å²) < 4.78 is 0. The number of carboxylic acid groups (broad SMARTS) is 1. The SMILES string of the molecule is O=C(O)c1c2ccccc2nc2ccc(-c3ccccn3)nc12. The number of fused-ring (bicyclic) bond motifs is 2. The average Bonchev–Trinajstić information content (AvgIpc) is 2.59. The van der Waals surface area contributed by atoms with Crippen LogP contribution >= 0.6 is 0 Å². The highest BCUT2D eigenvalue weighted by atomic mass is 16.4. The molecule has 0 unspecified atom stereocenters. The molecule has 0 radical (unpaired) electrons. The fraction of sp³-hybridized carbons (Fsp3) is 0. The summed E-state index contributed by atoms with van der Waals surface area (Å²) in [5, 5.41) is 10.2. The van der Waals surface area contributed by atoms with Crippen LogP contribution < -0.4 is 0 Å². The number of para-hydroxylation sites is 1. The molecular formula is C18H11N3O2. The van der Waals surface area contributed by atoms with Gasteiger partial charge in [0.2, 0.25) is 0 Å². The van der Waals surface area contributed by atoms with Gasteiger partial charge in [-0.25, -0.2) is 14.8 Å². The molecule has 0 spiro atoms. The van der Waals surface area contributed by atoms with E-state index in [0.717, 1.165) is 0 Å². The summed E-state index contributed by atoms with van der Waals surface area (Å²) in [5.74, 6) is -1.01. The van der Waals surface area contributed by atoms with Crippen molar-refractivity contribution in [2.45, 2.75) is 0 Å². The molecule has 0 fully saturated rings. The number of aromatic nitrogens is 3. The highest BCUT2D eigenvalue weighted by molar-refractivity contribution is 6.12. The molecule has 1 aromatic carbocycles. The maximum atomic E-state index is 11.8. The lowest BCUT2D eigenvalue weighted by atomic mass is 10.1. The average molecular weight is 301 g/mol. The zero-order chi connectivity index (χ0) is 15.8. The van der Waals surface area contributed by atoms with Gasteiger partial charge in [0.1, 0.15) is 5.52 Å². The third-order valence-corrected chi connectivity index (χ3v) is 3.67. The normalized spacial score (nSPS) is 11.0. The largest absolute Gasteiger partial charge is 0.478 e. The first kappa shape index (κ1) is 13.3. The first-order chi connectivity index (χ1) is 11.2. The maximum absolute atomic E-state index is 11.8. The van der Waals surface area contributed by atoms with Crippen LogP contribution in [0.3, 0.4) is 0 Å². The fourth-order valence-corrected chi connectivity index (χ4v) is 2.64. The predicted octanol–water partition coefficient (Wildman–Crippen LogP) is 3.54. The van der Waals surface area contributed by atoms with E-state index in [4.69, 9.17) is 0 Å². The van der Waals surface area contributed by atoms with E-state index in [9.17, 15) is 9.90 Å². The highest BCUT2D eigenvalue weighted by Gasteiger charge is 2.17. The molecule has 5 nitrogen and oxygen atoms in total. The minimum absolute atomic E-state index is 0.170. The first-order valence-electron chi connectivity index (χ1n) is 7.08. The first-order valence-corrected chi connectivity index (χ1v) is 7.08. The Kier molecular flexibility index (Phi) is 2.98. The molecule has 5 heteroatoms. The molecule has 0 amide bonds. The molecule has 23 heavy (non-hydrogen) atoms. The number of hydrogen-bond acceptors (Lipinski definition) is 4. The molecule has 0 aliphatic rings. The second-order valence-corrected chi connectivity index (χ2v) is 5.09. The minimum Gasteiger partial charge on any atom is -0.478 e. The molecule has 1 N–H and O–H groups in total. The Morgan fingerprint density at radius 2 is 1.65 bits per heavy atom. The molecular weight excluding hydrogens is 290 g/mol. The topological polar surface area (TPSA) is 76.0 Å². The van der Waals surface area contributed by atoms with E-state index >= 15 is 0 Å². The number of aromatic carboxylic acids is 1. The molecule has 3 heterocycles. The van der Waals surface area contributed by atoms with Crippen LogP contribution in [0.4, 0.5) is 0 Å². The third kappa shape index (κ3) is 2.19. The van der Waals surface area contributed by atoms with E-state index in [1.165, 1.54) is 0 Å². The lowest BCUT2D eigenvalue weighted by molar-refractivity contribution is 0.0701. The van der Waals surface area contributed by atoms with Crippen LogP contribution in [0, 0.1) is 0 Å². The van der Waals surface area contributed by atoms with Gasteiger partial charge in [-0.05, 0) is 30.3 Å². The number of pyridine rings is 3. The van der Waals surface area contributed by atoms with Gasteiger partial charge in [-0.15, -0.1) is 0 Å². The van der Waals surface area contributed by atoms with Gasteiger partial charge in [0.05, 0.1) is 28.0 Å². The van der Waals surface area contributed by atoms with Gasteiger partial charge in [-0.3, -0.25) is 4.98 Å². The maximum Gasteiger partial charge on any atom is 0.338 e. The van der Waals surface area contributed by atoms with Gasteiger partial charge in [0.15, 0.2) is 0 Å². The van der Waals surface area contributed by atoms with Crippen LogP contribution in [0.2, 0.25) is 0 Å². The number of rotatable bonds is 2. The summed E-state index contributed by atoms with van der Waals surface area (Å²) in [4.78, 5) is 25.1. The number of nitrogens with zero attached hydrogens (tertiary/aromatic N) is 3. The zero-order valence-electron chi connectivity index (χ0n) is 12.0. The Morgan fingerprint density at radius 1 is 0.826 bits per heavy atom. The molecule has 0 saturated heterocycles. The van der Waals surface area contributed by atoms with Gasteiger partial charge in [0, 0.05) is 11.6 Å². The smallest absolute Gasteiger partial charge is 0.338 e. The van der Waals surface area contributed by atoms with Crippen molar-refractivity contribution < 1.29 is 9.90 Å². The molecule has 0 aliphatic heterocycles. The van der Waals surface area contributed by atoms with Crippen molar-refractivity contribution in [3.8, 4) is 11.4 Å². The van der Waals surface area contributed by atoms with E-state index in [1.807, 2.05) is 24.3 Å². The molecule has 3 aromatic heterocycles. The Labute approximate surface area is 131 Å². The molecule has 4 aromatic rings. The van der Waals surface area contributed by atoms with Crippen molar-refractivity contribution >= 4 is 27.9 Å². The number of carbonyl (C=O) groups is 1. The molecule has 4 rings (SSSR count). The van der Waals surface area contributed by atoms with E-state index in [0.29, 0.717) is 33.3 Å². The lowest BCUT2D eigenvalue weighted by Crippen LogP contribution is -2.03. The Bertz CT molecular complexity index is 1050. The van der Waals surface area contributed by atoms with Gasteiger partial charge in [-0.2, -0.15) is 0 Å². The quantitative estimate of drug-likeness (QED) is 0.573. The number of carboxylic acids is 1. The van der Waals surface area contributed by atoms with Crippen molar-refractivity contribution in [3.63, 3.8) is 0 Å². The molecule has 110 valence electrons. The molecule has 0 aliphatic carbocycles. The number of benzene rings is 1. The van der Waals surface area contributed by atoms with Crippen molar-refractivity contribution in [3.05, 3.63) is 66.4 Å². The standard InChI is InChI=1S/C18H11N3O2/c22-18(23)16-11-5-1-2-6-12(11)20-15-9-8-14(21-17(15)16)13-7-3-4-10-19-13/h1-10H,(H,22,23). The summed E-state index contributed by atoms with van der Waals surface area (Å²) >= 11 is 0. The van der Waals surface area contributed by atoms with Crippen molar-refractivity contribution in [1.29, 1.82) is 0 Å². The van der Waals surface area contributed by atoms with Crippen LogP contribution in [0.25, 0.3) is 33.3 Å². The van der Waals surface area contributed by atoms with Gasteiger partial charge < -0.3 is 5.11 Å². The second-order valence-electron chi connectivity index (χ2n) is 5.09. The van der Waals surface area contributed by atoms with E-state index in [-0.39, 0.29) is 5.56 Å². The lowest BCUT2D eigenvalue weighted by Gasteiger charge is -2.08. The van der Waals surface area contributed by atoms with Crippen molar-refractivity contribution in [2.24, 2.45) is 0 Å². The Balaban J connectivity index is 2.09. The van der Waals surface area contributed by atoms with E-state index in [2.05, 4.69) is 15.0 Å². The van der Waals surface area contributed by atoms with Gasteiger partial charge in [0.25, 0.3) is 0 Å². The van der Waals surface area contributed by atoms with E-state index in [1.54, 1.807) is 36.5 Å². The highest BCUT2D eigenvalue weighted by Crippen LogP contribution is 2.26. The van der Waals surface area contributed by atoms with Gasteiger partial charge in [-0.1, -0.05) is 24.3 Å². The Morgan fingerprint density at radius 3 is 2.43 bits per heavy atom. The van der Waals surface area contributed by atoms with Crippen molar-refractivity contribution in [1.82, 2.24) is 15.0 Å². The fourth-order valence-electron chi connectivity index (χ4n) is 2.64. The summed E-state index contributed by atoms with van der Waals surface area (Å²) in [6.45, 7) is 0. The third-order valence-electron chi connectivity index (χ3n) is 3.67. The van der Waals surface area contributed by atoms with Crippen molar-refractivity contribution in [2.75, 3.05) is 0 Å². The monoisotopic (exact) mass is 301 g/mol. The summed E-state index contributed by atoms with van der Waals surface area (Å²) in [5.41, 5.74) is 3.06. The summed E-state index contributed by atoms with van der Waals surface area (Å²) in [6.07, 6.45) is 1.68. The Hall–Kier alpha value is -3.34. The van der Waals surface area contributed by atoms with Crippen LogP contribution in [-0.2, 0) is 0 Å². The van der Waals surface area contributed by atoms with E-state index < -0.39 is 5.97 Å². The van der Waals surface area contributed by atoms with Crippen LogP contribution in [0.5, 0.6) is 0 Å². The second kappa shape index (κ2) is 5.14. The molecule has 0 bridgehead atoms. The van der Waals surface area contributed by atoms with Crippen LogP contribution in [0.1, 0.15) is 10.4 Å². The number of hydrogen-bond donors (Lipinski definition) is 1. The zero-order valence-corrected chi connectivity index (χ0v) is 12.0. The van der Waals surface area contributed by atoms with Crippen LogP contribution in [-0.4, -0.2) is 26.0 Å². The summed E-state index contributed by atoms with van der Waals surface area (Å²) in [7, 11) is 0. The molecule has 0 saturated carbocycles. The van der Waals surface area contributed by atoms with Gasteiger partial charge >= 0.3 is 5.97 Å². The predicted molar refractivity (Wildman–Crippen MR) is 87.2 cm³/mol.